The zero-order chi connectivity index (χ0) is 17.7. The quantitative estimate of drug-likeness (QED) is 0.444. The smallest absolute Gasteiger partial charge is 0.352 e. The van der Waals surface area contributed by atoms with Crippen LogP contribution in [0.4, 0.5) is 17.6 Å². The van der Waals surface area contributed by atoms with Gasteiger partial charge < -0.3 is 10.6 Å². The zero-order valence-electron chi connectivity index (χ0n) is 12.4. The van der Waals surface area contributed by atoms with Crippen molar-refractivity contribution in [2.75, 3.05) is 7.05 Å². The minimum atomic E-state index is -4.44. The molecule has 0 aliphatic heterocycles. The summed E-state index contributed by atoms with van der Waals surface area (Å²) in [5, 5.41) is 7.08. The van der Waals surface area contributed by atoms with Crippen LogP contribution in [0.3, 0.4) is 0 Å². The third-order valence-electron chi connectivity index (χ3n) is 2.92. The van der Waals surface area contributed by atoms with E-state index in [4.69, 9.17) is 0 Å². The molecule has 0 unspecified atom stereocenters. The van der Waals surface area contributed by atoms with Crippen LogP contribution in [-0.4, -0.2) is 18.0 Å². The Morgan fingerprint density at radius 2 is 2.00 bits per heavy atom. The largest absolute Gasteiger partial charge is 0.434 e. The SMILES string of the molecule is CN=C(NCc1ccc(Br)c(F)c1)NCc1nc(C(F)(F)F)cs1. The summed E-state index contributed by atoms with van der Waals surface area (Å²) in [5.74, 6) is 0.00166. The van der Waals surface area contributed by atoms with Crippen molar-refractivity contribution in [3.8, 4) is 0 Å². The molecule has 0 saturated carbocycles. The molecule has 1 aromatic heterocycles. The molecule has 2 aromatic rings. The second kappa shape index (κ2) is 7.93. The minimum absolute atomic E-state index is 0.106. The van der Waals surface area contributed by atoms with Gasteiger partial charge in [0, 0.05) is 19.0 Å². The number of halogens is 5. The van der Waals surface area contributed by atoms with E-state index in [1.807, 2.05) is 0 Å². The molecule has 1 aromatic carbocycles. The van der Waals surface area contributed by atoms with Crippen molar-refractivity contribution >= 4 is 33.2 Å². The predicted molar refractivity (Wildman–Crippen MR) is 88.3 cm³/mol. The highest BCUT2D eigenvalue weighted by Crippen LogP contribution is 2.29. The molecule has 0 atom stereocenters. The second-order valence-corrected chi connectivity index (χ2v) is 6.45. The highest BCUT2D eigenvalue weighted by molar-refractivity contribution is 9.10. The van der Waals surface area contributed by atoms with E-state index in [9.17, 15) is 17.6 Å². The average Bonchev–Trinajstić information content (AvgIpc) is 3.00. The van der Waals surface area contributed by atoms with Gasteiger partial charge in [0.15, 0.2) is 11.7 Å². The molecule has 0 radical (unpaired) electrons. The minimum Gasteiger partial charge on any atom is -0.352 e. The Balaban J connectivity index is 1.88. The first-order valence-electron chi connectivity index (χ1n) is 6.69. The lowest BCUT2D eigenvalue weighted by atomic mass is 10.2. The Hall–Kier alpha value is -1.68. The third kappa shape index (κ3) is 5.17. The standard InChI is InChI=1S/C14H13BrF4N4S/c1-20-13(21-5-8-2-3-9(15)10(16)4-8)22-6-12-23-11(7-24-12)14(17,18)19/h2-4,7H,5-6H2,1H3,(H2,20,21,22). The monoisotopic (exact) mass is 424 g/mol. The van der Waals surface area contributed by atoms with Crippen LogP contribution >= 0.6 is 27.3 Å². The molecule has 10 heteroatoms. The molecule has 130 valence electrons. The fraction of sp³-hybridized carbons (Fsp3) is 0.286. The van der Waals surface area contributed by atoms with Crippen molar-refractivity contribution in [2.24, 2.45) is 4.99 Å². The molecule has 1 heterocycles. The van der Waals surface area contributed by atoms with Gasteiger partial charge in [-0.05, 0) is 33.6 Å². The van der Waals surface area contributed by atoms with Crippen LogP contribution in [0.15, 0.2) is 33.0 Å². The van der Waals surface area contributed by atoms with Gasteiger partial charge in [-0.3, -0.25) is 4.99 Å². The van der Waals surface area contributed by atoms with Gasteiger partial charge in [-0.15, -0.1) is 11.3 Å². The first kappa shape index (κ1) is 18.7. The highest BCUT2D eigenvalue weighted by Gasteiger charge is 2.33. The maximum atomic E-state index is 13.4. The van der Waals surface area contributed by atoms with Crippen LogP contribution in [0.25, 0.3) is 0 Å². The van der Waals surface area contributed by atoms with Crippen LogP contribution < -0.4 is 10.6 Å². The maximum Gasteiger partial charge on any atom is 0.434 e. The number of thiazole rings is 1. The van der Waals surface area contributed by atoms with E-state index in [-0.39, 0.29) is 12.4 Å². The van der Waals surface area contributed by atoms with Gasteiger partial charge in [-0.25, -0.2) is 9.37 Å². The van der Waals surface area contributed by atoms with Crippen LogP contribution in [0.5, 0.6) is 0 Å². The topological polar surface area (TPSA) is 49.3 Å². The van der Waals surface area contributed by atoms with Crippen molar-refractivity contribution in [3.63, 3.8) is 0 Å². The Morgan fingerprint density at radius 1 is 1.29 bits per heavy atom. The Morgan fingerprint density at radius 3 is 2.58 bits per heavy atom. The number of aliphatic imine (C=N–C) groups is 1. The number of alkyl halides is 3. The molecule has 2 rings (SSSR count). The van der Waals surface area contributed by atoms with E-state index in [1.54, 1.807) is 12.1 Å². The van der Waals surface area contributed by atoms with E-state index in [2.05, 4.69) is 36.5 Å². The summed E-state index contributed by atoms with van der Waals surface area (Å²) >= 11 is 3.99. The fourth-order valence-corrected chi connectivity index (χ4v) is 2.72. The summed E-state index contributed by atoms with van der Waals surface area (Å²) in [6.07, 6.45) is -4.44. The summed E-state index contributed by atoms with van der Waals surface area (Å²) < 4.78 is 51.3. The van der Waals surface area contributed by atoms with Gasteiger partial charge in [-0.1, -0.05) is 6.07 Å². The van der Waals surface area contributed by atoms with E-state index < -0.39 is 11.9 Å². The van der Waals surface area contributed by atoms with Crippen molar-refractivity contribution in [1.29, 1.82) is 0 Å². The fourth-order valence-electron chi connectivity index (χ4n) is 1.74. The van der Waals surface area contributed by atoms with Gasteiger partial charge in [0.1, 0.15) is 10.8 Å². The average molecular weight is 425 g/mol. The van der Waals surface area contributed by atoms with E-state index in [1.165, 1.54) is 13.1 Å². The van der Waals surface area contributed by atoms with Crippen molar-refractivity contribution < 1.29 is 17.6 Å². The number of hydrogen-bond acceptors (Lipinski definition) is 3. The summed E-state index contributed by atoms with van der Waals surface area (Å²) in [4.78, 5) is 7.48. The van der Waals surface area contributed by atoms with Crippen LogP contribution in [-0.2, 0) is 19.3 Å². The molecule has 0 amide bonds. The van der Waals surface area contributed by atoms with Gasteiger partial charge in [0.2, 0.25) is 0 Å². The molecule has 0 aliphatic rings. The lowest BCUT2D eigenvalue weighted by Gasteiger charge is -2.11. The first-order valence-corrected chi connectivity index (χ1v) is 8.37. The summed E-state index contributed by atoms with van der Waals surface area (Å²) in [6.45, 7) is 0.421. The van der Waals surface area contributed by atoms with Crippen LogP contribution in [0.2, 0.25) is 0 Å². The van der Waals surface area contributed by atoms with Crippen LogP contribution in [0, 0.1) is 5.82 Å². The van der Waals surface area contributed by atoms with Crippen LogP contribution in [0.1, 0.15) is 16.3 Å². The van der Waals surface area contributed by atoms with Crippen molar-refractivity contribution in [3.05, 3.63) is 50.1 Å². The van der Waals surface area contributed by atoms with E-state index in [0.717, 1.165) is 16.7 Å². The number of nitrogens with zero attached hydrogens (tertiary/aromatic N) is 2. The Bertz CT molecular complexity index is 730. The van der Waals surface area contributed by atoms with Gasteiger partial charge in [0.25, 0.3) is 0 Å². The zero-order valence-corrected chi connectivity index (χ0v) is 14.8. The molecule has 0 bridgehead atoms. The van der Waals surface area contributed by atoms with E-state index >= 15 is 0 Å². The van der Waals surface area contributed by atoms with Crippen molar-refractivity contribution in [2.45, 2.75) is 19.3 Å². The predicted octanol–water partition coefficient (Wildman–Crippen LogP) is 3.93. The summed E-state index contributed by atoms with van der Waals surface area (Å²) in [6, 6.07) is 4.71. The van der Waals surface area contributed by atoms with Gasteiger partial charge >= 0.3 is 6.18 Å². The van der Waals surface area contributed by atoms with Crippen molar-refractivity contribution in [1.82, 2.24) is 15.6 Å². The number of aromatic nitrogens is 1. The third-order valence-corrected chi connectivity index (χ3v) is 4.41. The molecule has 4 nitrogen and oxygen atoms in total. The molecule has 0 fully saturated rings. The lowest BCUT2D eigenvalue weighted by molar-refractivity contribution is -0.140. The number of nitrogens with one attached hydrogen (secondary N) is 2. The molecular formula is C14H13BrF4N4S. The summed E-state index contributed by atoms with van der Waals surface area (Å²) in [7, 11) is 1.53. The highest BCUT2D eigenvalue weighted by atomic mass is 79.9. The van der Waals surface area contributed by atoms with Gasteiger partial charge in [-0.2, -0.15) is 13.2 Å². The number of guanidine groups is 1. The molecule has 0 saturated heterocycles. The molecule has 0 spiro atoms. The molecule has 2 N–H and O–H groups in total. The Kier molecular flexibility index (Phi) is 6.16. The molecular weight excluding hydrogens is 412 g/mol. The second-order valence-electron chi connectivity index (χ2n) is 4.65. The summed E-state index contributed by atoms with van der Waals surface area (Å²) in [5.41, 5.74) is -0.204. The molecule has 0 aliphatic carbocycles. The Labute approximate surface area is 148 Å². The number of benzene rings is 1. The molecule has 24 heavy (non-hydrogen) atoms. The maximum absolute atomic E-state index is 13.4. The first-order chi connectivity index (χ1) is 11.3. The lowest BCUT2D eigenvalue weighted by Crippen LogP contribution is -2.36. The normalized spacial score (nSPS) is 12.3. The van der Waals surface area contributed by atoms with Gasteiger partial charge in [0.05, 0.1) is 11.0 Å². The number of rotatable bonds is 4. The number of hydrogen-bond donors (Lipinski definition) is 2. The van der Waals surface area contributed by atoms with E-state index in [0.29, 0.717) is 27.5 Å².